The highest BCUT2D eigenvalue weighted by molar-refractivity contribution is 7.99. The maximum atomic E-state index is 11.9. The highest BCUT2D eigenvalue weighted by atomic mass is 35.5. The van der Waals surface area contributed by atoms with E-state index in [-0.39, 0.29) is 18.1 Å². The average molecular weight is 341 g/mol. The number of carbonyl (C=O) groups is 2. The Morgan fingerprint density at radius 3 is 2.91 bits per heavy atom. The first-order chi connectivity index (χ1) is 10.6. The van der Waals surface area contributed by atoms with Crippen LogP contribution in [-0.2, 0) is 9.59 Å². The number of hydrogen-bond acceptors (Lipinski definition) is 5. The lowest BCUT2D eigenvalue weighted by atomic mass is 10.2. The smallest absolute Gasteiger partial charge is 0.304 e. The van der Waals surface area contributed by atoms with Crippen molar-refractivity contribution in [3.05, 3.63) is 35.9 Å². The number of carboxylic acid groups (broad SMARTS) is 1. The van der Waals surface area contributed by atoms with Crippen LogP contribution in [-0.4, -0.2) is 43.3 Å². The first-order valence-corrected chi connectivity index (χ1v) is 7.83. The monoisotopic (exact) mass is 340 g/mol. The third kappa shape index (κ3) is 4.74. The zero-order valence-electron chi connectivity index (χ0n) is 11.4. The highest BCUT2D eigenvalue weighted by Gasteiger charge is 2.10. The van der Waals surface area contributed by atoms with Crippen LogP contribution in [0.1, 0.15) is 6.42 Å². The van der Waals surface area contributed by atoms with E-state index in [1.165, 1.54) is 29.1 Å². The molecule has 0 fully saturated rings. The molecule has 1 aromatic heterocycles. The number of benzene rings is 1. The largest absolute Gasteiger partial charge is 0.481 e. The molecule has 0 saturated heterocycles. The van der Waals surface area contributed by atoms with Gasteiger partial charge in [-0.05, 0) is 18.2 Å². The van der Waals surface area contributed by atoms with Crippen LogP contribution in [0.3, 0.4) is 0 Å². The number of hydrogen-bond donors (Lipinski definition) is 2. The van der Waals surface area contributed by atoms with Gasteiger partial charge in [0.15, 0.2) is 0 Å². The molecule has 0 aliphatic rings. The summed E-state index contributed by atoms with van der Waals surface area (Å²) in [7, 11) is 0. The Balaban J connectivity index is 2.01. The van der Waals surface area contributed by atoms with Gasteiger partial charge in [-0.1, -0.05) is 11.6 Å². The third-order valence-electron chi connectivity index (χ3n) is 2.59. The van der Waals surface area contributed by atoms with E-state index in [1.54, 1.807) is 18.2 Å². The van der Waals surface area contributed by atoms with Crippen molar-refractivity contribution in [2.24, 2.45) is 0 Å². The van der Waals surface area contributed by atoms with E-state index >= 15 is 0 Å². The van der Waals surface area contributed by atoms with E-state index in [0.717, 1.165) is 0 Å². The molecule has 0 spiro atoms. The lowest BCUT2D eigenvalue weighted by molar-refractivity contribution is -0.136. The molecular formula is C13H13ClN4O3S. The summed E-state index contributed by atoms with van der Waals surface area (Å²) in [6, 6.07) is 5.04. The summed E-state index contributed by atoms with van der Waals surface area (Å²) in [5, 5.41) is 15.8. The molecular weight excluding hydrogens is 328 g/mol. The first kappa shape index (κ1) is 16.3. The van der Waals surface area contributed by atoms with Crippen molar-refractivity contribution in [3.8, 4) is 5.69 Å². The zero-order valence-corrected chi connectivity index (χ0v) is 13.0. The van der Waals surface area contributed by atoms with Crippen molar-refractivity contribution in [1.29, 1.82) is 0 Å². The standard InChI is InChI=1S/C13H13ClN4O3S/c14-9-1-2-11(18-8-15-7-16-18)10(5-9)17-12(19)6-22-4-3-13(20)21/h1-2,5,7-8H,3-4,6H2,(H,17,19)(H,20,21). The van der Waals surface area contributed by atoms with Crippen molar-refractivity contribution in [2.45, 2.75) is 6.42 Å². The van der Waals surface area contributed by atoms with Crippen LogP contribution in [0.5, 0.6) is 0 Å². The van der Waals surface area contributed by atoms with Gasteiger partial charge in [-0.2, -0.15) is 16.9 Å². The molecule has 0 aliphatic carbocycles. The number of carbonyl (C=O) groups excluding carboxylic acids is 1. The van der Waals surface area contributed by atoms with Gasteiger partial charge in [-0.3, -0.25) is 9.59 Å². The maximum absolute atomic E-state index is 11.9. The van der Waals surface area contributed by atoms with E-state index in [4.69, 9.17) is 16.7 Å². The van der Waals surface area contributed by atoms with Crippen molar-refractivity contribution >= 4 is 40.9 Å². The summed E-state index contributed by atoms with van der Waals surface area (Å²) < 4.78 is 1.52. The van der Waals surface area contributed by atoms with Gasteiger partial charge >= 0.3 is 5.97 Å². The second-order valence-electron chi connectivity index (χ2n) is 4.25. The van der Waals surface area contributed by atoms with Crippen molar-refractivity contribution in [2.75, 3.05) is 16.8 Å². The van der Waals surface area contributed by atoms with Gasteiger partial charge in [-0.15, -0.1) is 0 Å². The van der Waals surface area contributed by atoms with Crippen LogP contribution in [0, 0.1) is 0 Å². The summed E-state index contributed by atoms with van der Waals surface area (Å²) in [5.41, 5.74) is 1.16. The molecule has 0 aliphatic heterocycles. The van der Waals surface area contributed by atoms with Crippen LogP contribution in [0.2, 0.25) is 5.02 Å². The van der Waals surface area contributed by atoms with Crippen molar-refractivity contribution in [3.63, 3.8) is 0 Å². The predicted octanol–water partition coefficient (Wildman–Crippen LogP) is 2.07. The number of nitrogens with one attached hydrogen (secondary N) is 1. The maximum Gasteiger partial charge on any atom is 0.304 e. The SMILES string of the molecule is O=C(O)CCSCC(=O)Nc1cc(Cl)ccc1-n1cncn1. The van der Waals surface area contributed by atoms with E-state index in [0.29, 0.717) is 22.2 Å². The Morgan fingerprint density at radius 1 is 1.41 bits per heavy atom. The lowest BCUT2D eigenvalue weighted by Gasteiger charge is -2.11. The summed E-state index contributed by atoms with van der Waals surface area (Å²) >= 11 is 7.21. The van der Waals surface area contributed by atoms with Crippen LogP contribution < -0.4 is 5.32 Å². The van der Waals surface area contributed by atoms with Crippen LogP contribution in [0.15, 0.2) is 30.9 Å². The number of amides is 1. The van der Waals surface area contributed by atoms with Crippen molar-refractivity contribution in [1.82, 2.24) is 14.8 Å². The second-order valence-corrected chi connectivity index (χ2v) is 5.79. The Kier molecular flexibility index (Phi) is 5.79. The number of aromatic nitrogens is 3. The fourth-order valence-electron chi connectivity index (χ4n) is 1.65. The number of rotatable bonds is 7. The number of halogens is 1. The molecule has 1 amide bonds. The van der Waals surface area contributed by atoms with Gasteiger partial charge in [0.25, 0.3) is 0 Å². The number of anilines is 1. The summed E-state index contributed by atoms with van der Waals surface area (Å²) in [6.45, 7) is 0. The van der Waals surface area contributed by atoms with Gasteiger partial charge in [0.1, 0.15) is 12.7 Å². The highest BCUT2D eigenvalue weighted by Crippen LogP contribution is 2.24. The van der Waals surface area contributed by atoms with Crippen LogP contribution >= 0.6 is 23.4 Å². The number of aliphatic carboxylic acids is 1. The topological polar surface area (TPSA) is 97.1 Å². The minimum absolute atomic E-state index is 0.0271. The zero-order chi connectivity index (χ0) is 15.9. The average Bonchev–Trinajstić information content (AvgIpc) is 2.97. The first-order valence-electron chi connectivity index (χ1n) is 6.30. The molecule has 1 aromatic carbocycles. The van der Waals surface area contributed by atoms with E-state index in [1.807, 2.05) is 0 Å². The number of nitrogens with zero attached hydrogens (tertiary/aromatic N) is 3. The number of thioether (sulfide) groups is 1. The summed E-state index contributed by atoms with van der Waals surface area (Å²) in [5.74, 6) is -0.569. The second kappa shape index (κ2) is 7.81. The molecule has 1 heterocycles. The molecule has 116 valence electrons. The minimum atomic E-state index is -0.879. The molecule has 22 heavy (non-hydrogen) atoms. The molecule has 9 heteroatoms. The Labute approximate surface area is 135 Å². The molecule has 7 nitrogen and oxygen atoms in total. The van der Waals surface area contributed by atoms with Crippen LogP contribution in [0.25, 0.3) is 5.69 Å². The van der Waals surface area contributed by atoms with Gasteiger partial charge < -0.3 is 10.4 Å². The molecule has 0 bridgehead atoms. The van der Waals surface area contributed by atoms with E-state index in [9.17, 15) is 9.59 Å². The van der Waals surface area contributed by atoms with Gasteiger partial charge in [0.05, 0.1) is 23.5 Å². The summed E-state index contributed by atoms with van der Waals surface area (Å²) in [6.07, 6.45) is 2.93. The van der Waals surface area contributed by atoms with Gasteiger partial charge in [0.2, 0.25) is 5.91 Å². The fraction of sp³-hybridized carbons (Fsp3) is 0.231. The molecule has 0 radical (unpaired) electrons. The molecule has 0 saturated carbocycles. The third-order valence-corrected chi connectivity index (χ3v) is 3.79. The summed E-state index contributed by atoms with van der Waals surface area (Å²) in [4.78, 5) is 26.2. The van der Waals surface area contributed by atoms with E-state index < -0.39 is 5.97 Å². The normalized spacial score (nSPS) is 10.4. The fourth-order valence-corrected chi connectivity index (χ4v) is 2.54. The molecule has 0 atom stereocenters. The Morgan fingerprint density at radius 2 is 2.23 bits per heavy atom. The molecule has 2 N–H and O–H groups in total. The Hall–Kier alpha value is -2.06. The molecule has 2 rings (SSSR count). The predicted molar refractivity (Wildman–Crippen MR) is 84.6 cm³/mol. The van der Waals surface area contributed by atoms with Crippen LogP contribution in [0.4, 0.5) is 5.69 Å². The lowest BCUT2D eigenvalue weighted by Crippen LogP contribution is -2.16. The van der Waals surface area contributed by atoms with E-state index in [2.05, 4.69) is 15.4 Å². The molecule has 2 aromatic rings. The minimum Gasteiger partial charge on any atom is -0.481 e. The Bertz CT molecular complexity index is 663. The number of carboxylic acids is 1. The van der Waals surface area contributed by atoms with Gasteiger partial charge in [0, 0.05) is 10.8 Å². The molecule has 0 unspecified atom stereocenters. The van der Waals surface area contributed by atoms with Gasteiger partial charge in [-0.25, -0.2) is 9.67 Å². The quantitative estimate of drug-likeness (QED) is 0.749. The van der Waals surface area contributed by atoms with Crippen molar-refractivity contribution < 1.29 is 14.7 Å².